The number of carbonyl (C=O) groups is 5. The van der Waals surface area contributed by atoms with Gasteiger partial charge in [-0.3, -0.25) is 39.2 Å². The largest absolute Gasteiger partial charge is 0.465 e. The number of piperidine rings is 1. The van der Waals surface area contributed by atoms with E-state index in [0.717, 1.165) is 69.2 Å². The van der Waals surface area contributed by atoms with Crippen LogP contribution in [0.3, 0.4) is 0 Å². The summed E-state index contributed by atoms with van der Waals surface area (Å²) in [5.74, 6) is -1.96. The van der Waals surface area contributed by atoms with E-state index in [1.165, 1.54) is 4.90 Å². The van der Waals surface area contributed by atoms with E-state index in [1.807, 2.05) is 6.07 Å². The number of hydrogen-bond acceptors (Lipinski definition) is 8. The Morgan fingerprint density at radius 2 is 1.67 bits per heavy atom. The molecule has 3 saturated heterocycles. The molecule has 12 nitrogen and oxygen atoms in total. The molecule has 3 fully saturated rings. The minimum atomic E-state index is -0.959. The number of nitrogens with zero attached hydrogens (tertiary/aromatic N) is 5. The Hall–Kier alpha value is -3.51. The van der Waals surface area contributed by atoms with Crippen LogP contribution in [0.5, 0.6) is 0 Å². The quantitative estimate of drug-likeness (QED) is 0.378. The Bertz CT molecular complexity index is 1170. The van der Waals surface area contributed by atoms with Crippen LogP contribution in [0.4, 0.5) is 10.5 Å². The van der Waals surface area contributed by atoms with E-state index in [0.29, 0.717) is 24.2 Å². The van der Waals surface area contributed by atoms with Crippen LogP contribution in [-0.2, 0) is 9.59 Å². The molecule has 4 aliphatic rings. The number of unbranched alkanes of at least 4 members (excludes halogenated alkanes) is 1. The lowest BCUT2D eigenvalue weighted by Gasteiger charge is -2.39. The van der Waals surface area contributed by atoms with Crippen LogP contribution < -0.4 is 10.2 Å². The van der Waals surface area contributed by atoms with E-state index in [-0.39, 0.29) is 24.8 Å². The summed E-state index contributed by atoms with van der Waals surface area (Å²) in [6, 6.07) is 4.56. The molecule has 0 saturated carbocycles. The van der Waals surface area contributed by atoms with Crippen molar-refractivity contribution in [2.75, 3.05) is 63.8 Å². The Labute approximate surface area is 227 Å². The number of carboxylic acid groups (broad SMARTS) is 1. The summed E-state index contributed by atoms with van der Waals surface area (Å²) in [6.07, 6.45) is 1.56. The summed E-state index contributed by atoms with van der Waals surface area (Å²) in [5.41, 5.74) is 1.49. The summed E-state index contributed by atoms with van der Waals surface area (Å²) < 4.78 is 0. The van der Waals surface area contributed by atoms with Gasteiger partial charge in [-0.25, -0.2) is 4.79 Å². The standard InChI is InChI=1S/C27H36N6O6/c1-18-17-32(27(38)39)15-14-30(18)9-3-2-8-29-10-12-31(13-11-29)19-4-5-20-21(16-19)26(37)33(25(20)36)22-6-7-23(34)28-24(22)35/h4-5,16,18,22H,2-3,6-15,17H2,1H3,(H,38,39)(H,28,34,35)/t18-,22?/m0/s1. The molecule has 0 bridgehead atoms. The highest BCUT2D eigenvalue weighted by atomic mass is 16.4. The van der Waals surface area contributed by atoms with Crippen molar-refractivity contribution < 1.29 is 29.1 Å². The van der Waals surface area contributed by atoms with Crippen molar-refractivity contribution in [3.05, 3.63) is 29.3 Å². The molecule has 4 heterocycles. The molecule has 2 N–H and O–H groups in total. The molecule has 0 aliphatic carbocycles. The van der Waals surface area contributed by atoms with Gasteiger partial charge in [0.15, 0.2) is 0 Å². The van der Waals surface area contributed by atoms with Gasteiger partial charge in [-0.1, -0.05) is 0 Å². The first-order chi connectivity index (χ1) is 18.7. The molecule has 210 valence electrons. The van der Waals surface area contributed by atoms with E-state index >= 15 is 0 Å². The Morgan fingerprint density at radius 1 is 0.949 bits per heavy atom. The molecule has 4 aliphatic heterocycles. The zero-order chi connectivity index (χ0) is 27.7. The van der Waals surface area contributed by atoms with Gasteiger partial charge >= 0.3 is 6.09 Å². The minimum Gasteiger partial charge on any atom is -0.465 e. The van der Waals surface area contributed by atoms with Gasteiger partial charge in [0.05, 0.1) is 11.1 Å². The SMILES string of the molecule is C[C@H]1CN(C(=O)O)CCN1CCCCN1CCN(c2ccc3c(c2)C(=O)N(C2CCC(=O)NC2=O)C3=O)CC1. The molecule has 2 atom stereocenters. The van der Waals surface area contributed by atoms with Crippen molar-refractivity contribution in [2.45, 2.75) is 44.7 Å². The predicted octanol–water partition coefficient (Wildman–Crippen LogP) is 0.674. The first kappa shape index (κ1) is 27.1. The number of amides is 5. The second-order valence-corrected chi connectivity index (χ2v) is 10.8. The van der Waals surface area contributed by atoms with Gasteiger partial charge in [-0.2, -0.15) is 0 Å². The molecule has 1 unspecified atom stereocenters. The highest BCUT2D eigenvalue weighted by Gasteiger charge is 2.44. The normalized spacial score (nSPS) is 24.8. The van der Waals surface area contributed by atoms with Gasteiger partial charge < -0.3 is 14.9 Å². The number of benzene rings is 1. The molecular formula is C27H36N6O6. The number of anilines is 1. The topological polar surface area (TPSA) is 134 Å². The Morgan fingerprint density at radius 3 is 2.36 bits per heavy atom. The maximum absolute atomic E-state index is 13.1. The number of carbonyl (C=O) groups excluding carboxylic acids is 4. The summed E-state index contributed by atoms with van der Waals surface area (Å²) in [6.45, 7) is 9.42. The van der Waals surface area contributed by atoms with E-state index in [2.05, 4.69) is 26.9 Å². The average Bonchev–Trinajstić information content (AvgIpc) is 3.16. The summed E-state index contributed by atoms with van der Waals surface area (Å²) in [7, 11) is 0. The van der Waals surface area contributed by atoms with Crippen LogP contribution >= 0.6 is 0 Å². The number of hydrogen-bond donors (Lipinski definition) is 2. The zero-order valence-electron chi connectivity index (χ0n) is 22.3. The Balaban J connectivity index is 1.09. The second kappa shape index (κ2) is 11.3. The number of nitrogens with one attached hydrogen (secondary N) is 1. The fourth-order valence-electron chi connectivity index (χ4n) is 6.04. The number of piperazine rings is 2. The van der Waals surface area contributed by atoms with Gasteiger partial charge in [0, 0.05) is 64.0 Å². The number of imide groups is 2. The lowest BCUT2D eigenvalue weighted by atomic mass is 10.0. The van der Waals surface area contributed by atoms with Crippen LogP contribution in [0.1, 0.15) is 53.3 Å². The maximum Gasteiger partial charge on any atom is 0.407 e. The van der Waals surface area contributed by atoms with Crippen molar-refractivity contribution >= 4 is 35.4 Å². The lowest BCUT2D eigenvalue weighted by Crippen LogP contribution is -2.54. The fraction of sp³-hybridized carbons (Fsp3) is 0.593. The maximum atomic E-state index is 13.1. The molecule has 0 radical (unpaired) electrons. The van der Waals surface area contributed by atoms with Gasteiger partial charge in [0.1, 0.15) is 6.04 Å². The second-order valence-electron chi connectivity index (χ2n) is 10.8. The summed E-state index contributed by atoms with van der Waals surface area (Å²) in [4.78, 5) is 70.5. The average molecular weight is 541 g/mol. The highest BCUT2D eigenvalue weighted by Crippen LogP contribution is 2.31. The van der Waals surface area contributed by atoms with Crippen molar-refractivity contribution in [1.82, 2.24) is 24.9 Å². The lowest BCUT2D eigenvalue weighted by molar-refractivity contribution is -0.136. The smallest absolute Gasteiger partial charge is 0.407 e. The molecule has 1 aromatic carbocycles. The molecule has 5 rings (SSSR count). The molecule has 5 amide bonds. The van der Waals surface area contributed by atoms with E-state index in [4.69, 9.17) is 0 Å². The first-order valence-corrected chi connectivity index (χ1v) is 13.8. The van der Waals surface area contributed by atoms with Gasteiger partial charge in [0.2, 0.25) is 11.8 Å². The van der Waals surface area contributed by atoms with E-state index < -0.39 is 29.9 Å². The molecule has 1 aromatic rings. The number of fused-ring (bicyclic) bond motifs is 1. The van der Waals surface area contributed by atoms with Crippen LogP contribution in [0.2, 0.25) is 0 Å². The fourth-order valence-corrected chi connectivity index (χ4v) is 6.04. The minimum absolute atomic E-state index is 0.0995. The monoisotopic (exact) mass is 540 g/mol. The van der Waals surface area contributed by atoms with E-state index in [1.54, 1.807) is 12.1 Å². The zero-order valence-corrected chi connectivity index (χ0v) is 22.3. The predicted molar refractivity (Wildman–Crippen MR) is 142 cm³/mol. The Kier molecular flexibility index (Phi) is 7.85. The summed E-state index contributed by atoms with van der Waals surface area (Å²) >= 11 is 0. The van der Waals surface area contributed by atoms with E-state index in [9.17, 15) is 29.1 Å². The van der Waals surface area contributed by atoms with Gasteiger partial charge in [-0.05, 0) is 57.5 Å². The van der Waals surface area contributed by atoms with Gasteiger partial charge in [0.25, 0.3) is 11.8 Å². The molecule has 0 aromatic heterocycles. The molecule has 12 heteroatoms. The third-order valence-electron chi connectivity index (χ3n) is 8.37. The van der Waals surface area contributed by atoms with Crippen molar-refractivity contribution in [1.29, 1.82) is 0 Å². The third-order valence-corrected chi connectivity index (χ3v) is 8.37. The van der Waals surface area contributed by atoms with Crippen molar-refractivity contribution in [2.24, 2.45) is 0 Å². The van der Waals surface area contributed by atoms with Crippen LogP contribution in [0.15, 0.2) is 18.2 Å². The number of rotatable bonds is 7. The summed E-state index contributed by atoms with van der Waals surface area (Å²) in [5, 5.41) is 11.4. The van der Waals surface area contributed by atoms with Crippen LogP contribution in [0, 0.1) is 0 Å². The van der Waals surface area contributed by atoms with Crippen molar-refractivity contribution in [3.8, 4) is 0 Å². The molecular weight excluding hydrogens is 504 g/mol. The highest BCUT2D eigenvalue weighted by molar-refractivity contribution is 6.23. The van der Waals surface area contributed by atoms with Crippen LogP contribution in [0.25, 0.3) is 0 Å². The third kappa shape index (κ3) is 5.62. The molecule has 0 spiro atoms. The molecule has 39 heavy (non-hydrogen) atoms. The van der Waals surface area contributed by atoms with Crippen LogP contribution in [-0.4, -0.2) is 125 Å². The van der Waals surface area contributed by atoms with Crippen molar-refractivity contribution in [3.63, 3.8) is 0 Å². The first-order valence-electron chi connectivity index (χ1n) is 13.8. The van der Waals surface area contributed by atoms with Gasteiger partial charge in [-0.15, -0.1) is 0 Å².